The van der Waals surface area contributed by atoms with Gasteiger partial charge < -0.3 is 24.4 Å². The molecule has 1 N–H and O–H groups in total. The monoisotopic (exact) mass is 620 g/mol. The molecule has 42 heavy (non-hydrogen) atoms. The quantitative estimate of drug-likeness (QED) is 0.209. The third-order valence-corrected chi connectivity index (χ3v) is 8.89. The zero-order valence-corrected chi connectivity index (χ0v) is 24.4. The van der Waals surface area contributed by atoms with E-state index in [4.69, 9.17) is 9.47 Å². The number of non-ortho nitro benzene ring substituents is 2. The SMILES string of the molecule is O=C(OCc1ccc([N+](=O)[O-])cc1)N1CC[C@H](SCC[C@@H](O)[C@@H]2C[C@H](S)CN2C(=O)OCc2ccc([N+](=O)[O-])cc2)C1. The number of ether oxygens (including phenoxy) is 2. The molecule has 0 spiro atoms. The molecule has 2 amide bonds. The van der Waals surface area contributed by atoms with E-state index in [-0.39, 0.29) is 35.1 Å². The molecule has 0 aromatic heterocycles. The molecule has 0 unspecified atom stereocenters. The number of nitrogens with zero attached hydrogens (tertiary/aromatic N) is 4. The van der Waals surface area contributed by atoms with Crippen LogP contribution in [0.4, 0.5) is 21.0 Å². The second-order valence-corrected chi connectivity index (χ2v) is 12.3. The lowest BCUT2D eigenvalue weighted by Crippen LogP contribution is -2.43. The number of aliphatic hydroxyl groups is 1. The van der Waals surface area contributed by atoms with Crippen LogP contribution in [0.25, 0.3) is 0 Å². The van der Waals surface area contributed by atoms with Gasteiger partial charge in [-0.3, -0.25) is 20.2 Å². The number of rotatable bonds is 11. The largest absolute Gasteiger partial charge is 0.445 e. The molecule has 2 heterocycles. The van der Waals surface area contributed by atoms with Crippen molar-refractivity contribution >= 4 is 48.0 Å². The molecule has 226 valence electrons. The minimum absolute atomic E-state index is 0.0255. The fraction of sp³-hybridized carbons (Fsp3) is 0.481. The van der Waals surface area contributed by atoms with E-state index in [0.717, 1.165) is 6.42 Å². The Labute approximate surface area is 251 Å². The molecule has 2 aliphatic heterocycles. The highest BCUT2D eigenvalue weighted by Gasteiger charge is 2.39. The molecule has 15 heteroatoms. The van der Waals surface area contributed by atoms with Gasteiger partial charge in [0.2, 0.25) is 0 Å². The van der Waals surface area contributed by atoms with Crippen LogP contribution in [0, 0.1) is 20.2 Å². The average molecular weight is 621 g/mol. The predicted octanol–water partition coefficient (Wildman–Crippen LogP) is 4.41. The maximum atomic E-state index is 12.8. The van der Waals surface area contributed by atoms with Crippen LogP contribution in [0.2, 0.25) is 0 Å². The van der Waals surface area contributed by atoms with Gasteiger partial charge in [-0.2, -0.15) is 24.4 Å². The first kappa shape index (κ1) is 31.4. The third kappa shape index (κ3) is 8.49. The molecule has 2 aliphatic rings. The van der Waals surface area contributed by atoms with E-state index in [2.05, 4.69) is 12.6 Å². The lowest BCUT2D eigenvalue weighted by Gasteiger charge is -2.28. The number of thiol groups is 1. The van der Waals surface area contributed by atoms with E-state index in [0.29, 0.717) is 49.4 Å². The number of aliphatic hydroxyl groups excluding tert-OH is 1. The number of carbonyl (C=O) groups excluding carboxylic acids is 2. The Morgan fingerprint density at radius 3 is 2.05 bits per heavy atom. The van der Waals surface area contributed by atoms with Crippen molar-refractivity contribution in [2.75, 3.05) is 25.4 Å². The first-order valence-corrected chi connectivity index (χ1v) is 15.0. The molecule has 2 aromatic carbocycles. The lowest BCUT2D eigenvalue weighted by atomic mass is 10.1. The molecule has 0 aliphatic carbocycles. The maximum Gasteiger partial charge on any atom is 0.410 e. The summed E-state index contributed by atoms with van der Waals surface area (Å²) in [5.74, 6) is 0.636. The minimum Gasteiger partial charge on any atom is -0.445 e. The van der Waals surface area contributed by atoms with Gasteiger partial charge in [-0.1, -0.05) is 0 Å². The molecule has 2 fully saturated rings. The summed E-state index contributed by atoms with van der Waals surface area (Å²) in [5, 5.41) is 32.6. The molecule has 4 atom stereocenters. The van der Waals surface area contributed by atoms with Crippen molar-refractivity contribution in [1.82, 2.24) is 9.80 Å². The van der Waals surface area contributed by atoms with Gasteiger partial charge >= 0.3 is 12.2 Å². The van der Waals surface area contributed by atoms with E-state index in [9.17, 15) is 34.9 Å². The van der Waals surface area contributed by atoms with E-state index < -0.39 is 34.2 Å². The Balaban J connectivity index is 1.17. The average Bonchev–Trinajstić information content (AvgIpc) is 3.62. The highest BCUT2D eigenvalue weighted by Crippen LogP contribution is 2.29. The Morgan fingerprint density at radius 2 is 1.50 bits per heavy atom. The first-order chi connectivity index (χ1) is 20.1. The molecule has 0 radical (unpaired) electrons. The topological polar surface area (TPSA) is 166 Å². The molecule has 2 aromatic rings. The van der Waals surface area contributed by atoms with Crippen LogP contribution in [0.5, 0.6) is 0 Å². The molecular formula is C27H32N4O9S2. The summed E-state index contributed by atoms with van der Waals surface area (Å²) in [4.78, 5) is 49.0. The van der Waals surface area contributed by atoms with Crippen LogP contribution in [0.15, 0.2) is 48.5 Å². The van der Waals surface area contributed by atoms with Gasteiger partial charge in [0.25, 0.3) is 11.4 Å². The Bertz CT molecular complexity index is 1270. The van der Waals surface area contributed by atoms with E-state index in [1.54, 1.807) is 28.8 Å². The molecule has 0 saturated carbocycles. The number of nitro groups is 2. The van der Waals surface area contributed by atoms with Crippen molar-refractivity contribution in [3.05, 3.63) is 79.9 Å². The summed E-state index contributed by atoms with van der Waals surface area (Å²) in [7, 11) is 0. The van der Waals surface area contributed by atoms with Crippen molar-refractivity contribution in [2.45, 2.75) is 55.1 Å². The van der Waals surface area contributed by atoms with Gasteiger partial charge in [0.1, 0.15) is 13.2 Å². The smallest absolute Gasteiger partial charge is 0.410 e. The second-order valence-electron chi connectivity index (χ2n) is 10.1. The van der Waals surface area contributed by atoms with Crippen LogP contribution in [0.3, 0.4) is 0 Å². The minimum atomic E-state index is -0.772. The fourth-order valence-corrected chi connectivity index (χ4v) is 6.55. The third-order valence-electron chi connectivity index (χ3n) is 7.19. The maximum absolute atomic E-state index is 12.8. The van der Waals surface area contributed by atoms with Gasteiger partial charge in [-0.05, 0) is 60.4 Å². The van der Waals surface area contributed by atoms with Crippen molar-refractivity contribution < 1.29 is 34.0 Å². The Kier molecular flexibility index (Phi) is 10.9. The van der Waals surface area contributed by atoms with Gasteiger partial charge in [-0.25, -0.2) is 9.59 Å². The zero-order valence-electron chi connectivity index (χ0n) is 22.6. The van der Waals surface area contributed by atoms with Crippen molar-refractivity contribution in [3.8, 4) is 0 Å². The van der Waals surface area contributed by atoms with Crippen LogP contribution in [0.1, 0.15) is 30.4 Å². The first-order valence-electron chi connectivity index (χ1n) is 13.4. The molecule has 13 nitrogen and oxygen atoms in total. The number of likely N-dealkylation sites (tertiary alicyclic amines) is 2. The van der Waals surface area contributed by atoms with E-state index in [1.165, 1.54) is 41.3 Å². The lowest BCUT2D eigenvalue weighted by molar-refractivity contribution is -0.385. The second kappa shape index (κ2) is 14.6. The summed E-state index contributed by atoms with van der Waals surface area (Å²) in [6, 6.07) is 11.2. The molecular weight excluding hydrogens is 588 g/mol. The standard InChI is InChI=1S/C27H32N4O9S2/c32-25(24-13-22(41)14-29(24)27(34)40-17-19-3-7-21(8-4-19)31(37)38)10-12-42-23-9-11-28(15-23)26(33)39-16-18-1-5-20(6-2-18)30(35)36/h1-8,22-25,32,41H,9-17H2/t22-,23-,24-,25+/m0/s1. The normalized spacial score (nSPS) is 20.8. The van der Waals surface area contributed by atoms with Crippen molar-refractivity contribution in [3.63, 3.8) is 0 Å². The number of hydrogen-bond donors (Lipinski definition) is 2. The number of amides is 2. The number of carbonyl (C=O) groups is 2. The van der Waals surface area contributed by atoms with E-state index in [1.807, 2.05) is 0 Å². The number of nitro benzene ring substituents is 2. The Hall–Kier alpha value is -3.56. The molecule has 0 bridgehead atoms. The summed E-state index contributed by atoms with van der Waals surface area (Å²) in [6.45, 7) is 1.40. The van der Waals surface area contributed by atoms with Crippen LogP contribution in [-0.4, -0.2) is 85.0 Å². The summed E-state index contributed by atoms with van der Waals surface area (Å²) >= 11 is 6.16. The van der Waals surface area contributed by atoms with Gasteiger partial charge in [0.15, 0.2) is 0 Å². The highest BCUT2D eigenvalue weighted by atomic mass is 32.2. The van der Waals surface area contributed by atoms with E-state index >= 15 is 0 Å². The van der Waals surface area contributed by atoms with Crippen LogP contribution in [-0.2, 0) is 22.7 Å². The fourth-order valence-electron chi connectivity index (χ4n) is 4.89. The number of thioether (sulfide) groups is 1. The number of benzene rings is 2. The molecule has 2 saturated heterocycles. The van der Waals surface area contributed by atoms with Crippen molar-refractivity contribution in [1.29, 1.82) is 0 Å². The summed E-state index contributed by atoms with van der Waals surface area (Å²) in [5.41, 5.74) is 1.20. The number of hydrogen-bond acceptors (Lipinski definition) is 11. The summed E-state index contributed by atoms with van der Waals surface area (Å²) < 4.78 is 10.8. The Morgan fingerprint density at radius 1 is 0.952 bits per heavy atom. The molecule has 4 rings (SSSR count). The van der Waals surface area contributed by atoms with Gasteiger partial charge in [0.05, 0.1) is 22.0 Å². The highest BCUT2D eigenvalue weighted by molar-refractivity contribution is 7.99. The summed E-state index contributed by atoms with van der Waals surface area (Å²) in [6.07, 6.45) is -0.0184. The van der Waals surface area contributed by atoms with Crippen LogP contribution >= 0.6 is 24.4 Å². The van der Waals surface area contributed by atoms with Crippen molar-refractivity contribution in [2.24, 2.45) is 0 Å². The van der Waals surface area contributed by atoms with Crippen LogP contribution < -0.4 is 0 Å². The van der Waals surface area contributed by atoms with Gasteiger partial charge in [-0.15, -0.1) is 0 Å². The predicted molar refractivity (Wildman–Crippen MR) is 158 cm³/mol. The van der Waals surface area contributed by atoms with Gasteiger partial charge in [0, 0.05) is 54.4 Å². The zero-order chi connectivity index (χ0) is 30.2.